The molecular weight excluding hydrogens is 336 g/mol. The van der Waals surface area contributed by atoms with E-state index in [2.05, 4.69) is 52.6 Å². The molecule has 5 heteroatoms. The molecule has 3 aromatic rings. The number of carbonyl (C=O) groups excluding carboxylic acids is 1. The lowest BCUT2D eigenvalue weighted by Crippen LogP contribution is -2.39. The van der Waals surface area contributed by atoms with Gasteiger partial charge in [0.25, 0.3) is 5.91 Å². The Labute approximate surface area is 160 Å². The van der Waals surface area contributed by atoms with E-state index in [1.165, 1.54) is 5.56 Å². The van der Waals surface area contributed by atoms with Gasteiger partial charge in [-0.3, -0.25) is 4.79 Å². The second-order valence-corrected chi connectivity index (χ2v) is 7.34. The normalized spacial score (nSPS) is 17.3. The molecule has 0 unspecified atom stereocenters. The molecule has 0 spiro atoms. The Kier molecular flexibility index (Phi) is 4.84. The maximum atomic E-state index is 13.4. The fraction of sp³-hybridized carbons (Fsp3) is 0.364. The first-order valence-electron chi connectivity index (χ1n) is 9.66. The molecular formula is C22H26N4O. The number of hydrogen-bond acceptors (Lipinski definition) is 2. The zero-order valence-electron chi connectivity index (χ0n) is 16.0. The summed E-state index contributed by atoms with van der Waals surface area (Å²) in [5, 5.41) is 0. The van der Waals surface area contributed by atoms with Crippen molar-refractivity contribution in [2.75, 3.05) is 6.54 Å². The summed E-state index contributed by atoms with van der Waals surface area (Å²) in [6.45, 7) is 5.70. The van der Waals surface area contributed by atoms with Gasteiger partial charge in [0, 0.05) is 36.9 Å². The Morgan fingerprint density at radius 2 is 2.04 bits per heavy atom. The van der Waals surface area contributed by atoms with Crippen LogP contribution in [0.1, 0.15) is 58.4 Å². The topological polar surface area (TPSA) is 53.9 Å². The summed E-state index contributed by atoms with van der Waals surface area (Å²) in [4.78, 5) is 23.0. The summed E-state index contributed by atoms with van der Waals surface area (Å²) in [5.41, 5.74) is 4.20. The molecule has 5 nitrogen and oxygen atoms in total. The first-order valence-corrected chi connectivity index (χ1v) is 9.66. The highest BCUT2D eigenvalue weighted by molar-refractivity contribution is 5.96. The van der Waals surface area contributed by atoms with Crippen LogP contribution < -0.4 is 0 Å². The van der Waals surface area contributed by atoms with Gasteiger partial charge in [-0.2, -0.15) is 0 Å². The third-order valence-corrected chi connectivity index (χ3v) is 5.59. The van der Waals surface area contributed by atoms with Crippen molar-refractivity contribution in [3.63, 3.8) is 0 Å². The number of carbonyl (C=O) groups is 1. The molecule has 1 aliphatic heterocycles. The van der Waals surface area contributed by atoms with E-state index in [1.807, 2.05) is 23.2 Å². The molecule has 0 aliphatic carbocycles. The van der Waals surface area contributed by atoms with E-state index in [0.29, 0.717) is 0 Å². The maximum Gasteiger partial charge on any atom is 0.256 e. The SMILES string of the molecule is Cc1cc(C(=O)N2CCCC[C@H]2c2ncc[nH]2)c(C)n1Cc1ccccc1. The van der Waals surface area contributed by atoms with Gasteiger partial charge < -0.3 is 14.5 Å². The lowest BCUT2D eigenvalue weighted by molar-refractivity contribution is 0.0600. The Balaban J connectivity index is 1.62. The van der Waals surface area contributed by atoms with Crippen molar-refractivity contribution in [3.8, 4) is 0 Å². The number of imidazole rings is 1. The number of aryl methyl sites for hydroxylation is 1. The highest BCUT2D eigenvalue weighted by Crippen LogP contribution is 2.31. The Hall–Kier alpha value is -2.82. The number of benzene rings is 1. The number of piperidine rings is 1. The van der Waals surface area contributed by atoms with Crippen molar-refractivity contribution in [2.24, 2.45) is 0 Å². The average molecular weight is 362 g/mol. The van der Waals surface area contributed by atoms with Gasteiger partial charge in [0.05, 0.1) is 11.6 Å². The highest BCUT2D eigenvalue weighted by Gasteiger charge is 2.31. The van der Waals surface area contributed by atoms with Crippen LogP contribution in [0.15, 0.2) is 48.8 Å². The predicted molar refractivity (Wildman–Crippen MR) is 106 cm³/mol. The van der Waals surface area contributed by atoms with Gasteiger partial charge in [0.1, 0.15) is 5.82 Å². The lowest BCUT2D eigenvalue weighted by atomic mass is 10.00. The molecule has 0 saturated carbocycles. The van der Waals surface area contributed by atoms with Crippen LogP contribution in [0.3, 0.4) is 0 Å². The number of likely N-dealkylation sites (tertiary alicyclic amines) is 1. The first kappa shape index (κ1) is 17.6. The van der Waals surface area contributed by atoms with Gasteiger partial charge in [-0.25, -0.2) is 4.98 Å². The number of aromatic amines is 1. The molecule has 1 atom stereocenters. The quantitative estimate of drug-likeness (QED) is 0.754. The predicted octanol–water partition coefficient (Wildman–Crippen LogP) is 4.24. The van der Waals surface area contributed by atoms with E-state index < -0.39 is 0 Å². The van der Waals surface area contributed by atoms with Crippen LogP contribution in [0.25, 0.3) is 0 Å². The van der Waals surface area contributed by atoms with E-state index in [1.54, 1.807) is 6.20 Å². The number of amides is 1. The molecule has 4 rings (SSSR count). The number of rotatable bonds is 4. The third-order valence-electron chi connectivity index (χ3n) is 5.59. The zero-order valence-corrected chi connectivity index (χ0v) is 16.0. The van der Waals surface area contributed by atoms with Gasteiger partial charge in [-0.05, 0) is 44.7 Å². The van der Waals surface area contributed by atoms with Crippen molar-refractivity contribution in [2.45, 2.75) is 45.7 Å². The monoisotopic (exact) mass is 362 g/mol. The largest absolute Gasteiger partial charge is 0.347 e. The minimum absolute atomic E-state index is 0.0402. The van der Waals surface area contributed by atoms with Crippen LogP contribution in [-0.4, -0.2) is 31.9 Å². The fourth-order valence-electron chi connectivity index (χ4n) is 4.10. The Morgan fingerprint density at radius 3 is 2.78 bits per heavy atom. The van der Waals surface area contributed by atoms with Crippen LogP contribution >= 0.6 is 0 Å². The molecule has 1 aliphatic rings. The van der Waals surface area contributed by atoms with E-state index in [9.17, 15) is 4.79 Å². The smallest absolute Gasteiger partial charge is 0.256 e. The number of H-pyrrole nitrogens is 1. The van der Waals surface area contributed by atoms with Crippen molar-refractivity contribution in [1.29, 1.82) is 0 Å². The van der Waals surface area contributed by atoms with Crippen LogP contribution in [0.5, 0.6) is 0 Å². The second-order valence-electron chi connectivity index (χ2n) is 7.34. The van der Waals surface area contributed by atoms with Crippen LogP contribution in [-0.2, 0) is 6.54 Å². The summed E-state index contributed by atoms with van der Waals surface area (Å²) in [6, 6.07) is 12.5. The molecule has 1 fully saturated rings. The van der Waals surface area contributed by atoms with Gasteiger partial charge in [-0.1, -0.05) is 30.3 Å². The molecule has 1 N–H and O–H groups in total. The summed E-state index contributed by atoms with van der Waals surface area (Å²) in [6.07, 6.45) is 6.73. The van der Waals surface area contributed by atoms with E-state index in [0.717, 1.165) is 55.1 Å². The number of nitrogens with one attached hydrogen (secondary N) is 1. The van der Waals surface area contributed by atoms with Crippen molar-refractivity contribution < 1.29 is 4.79 Å². The molecule has 1 aromatic carbocycles. The van der Waals surface area contributed by atoms with Crippen molar-refractivity contribution in [1.82, 2.24) is 19.4 Å². The molecule has 140 valence electrons. The van der Waals surface area contributed by atoms with E-state index in [4.69, 9.17) is 0 Å². The summed E-state index contributed by atoms with van der Waals surface area (Å²) >= 11 is 0. The zero-order chi connectivity index (χ0) is 18.8. The molecule has 27 heavy (non-hydrogen) atoms. The molecule has 2 aromatic heterocycles. The number of hydrogen-bond donors (Lipinski definition) is 1. The number of nitrogens with zero attached hydrogens (tertiary/aromatic N) is 3. The molecule has 3 heterocycles. The minimum Gasteiger partial charge on any atom is -0.347 e. The lowest BCUT2D eigenvalue weighted by Gasteiger charge is -2.34. The molecule has 0 radical (unpaired) electrons. The minimum atomic E-state index is 0.0402. The van der Waals surface area contributed by atoms with Gasteiger partial charge >= 0.3 is 0 Å². The molecule has 1 amide bonds. The number of aromatic nitrogens is 3. The summed E-state index contributed by atoms with van der Waals surface area (Å²) < 4.78 is 2.23. The van der Waals surface area contributed by atoms with Crippen LogP contribution in [0, 0.1) is 13.8 Å². The van der Waals surface area contributed by atoms with Crippen LogP contribution in [0.2, 0.25) is 0 Å². The Bertz CT molecular complexity index is 911. The Morgan fingerprint density at radius 1 is 1.22 bits per heavy atom. The highest BCUT2D eigenvalue weighted by atomic mass is 16.2. The van der Waals surface area contributed by atoms with Crippen molar-refractivity contribution >= 4 is 5.91 Å². The second kappa shape index (κ2) is 7.43. The standard InChI is InChI=1S/C22H26N4O/c1-16-14-19(17(2)26(16)15-18-8-4-3-5-9-18)22(27)25-13-7-6-10-20(25)21-23-11-12-24-21/h3-5,8-9,11-12,14,20H,6-7,10,13,15H2,1-2H3,(H,23,24)/t20-/m0/s1. The van der Waals surface area contributed by atoms with Gasteiger partial charge in [-0.15, -0.1) is 0 Å². The average Bonchev–Trinajstić information content (AvgIpc) is 3.33. The molecule has 0 bridgehead atoms. The summed E-state index contributed by atoms with van der Waals surface area (Å²) in [5.74, 6) is 1.00. The van der Waals surface area contributed by atoms with Crippen molar-refractivity contribution in [3.05, 3.63) is 77.1 Å². The van der Waals surface area contributed by atoms with E-state index >= 15 is 0 Å². The van der Waals surface area contributed by atoms with Gasteiger partial charge in [0.15, 0.2) is 0 Å². The fourth-order valence-corrected chi connectivity index (χ4v) is 4.10. The maximum absolute atomic E-state index is 13.4. The first-order chi connectivity index (χ1) is 13.1. The van der Waals surface area contributed by atoms with Gasteiger partial charge in [0.2, 0.25) is 0 Å². The summed E-state index contributed by atoms with van der Waals surface area (Å²) in [7, 11) is 0. The molecule has 1 saturated heterocycles. The van der Waals surface area contributed by atoms with Crippen LogP contribution in [0.4, 0.5) is 0 Å². The third kappa shape index (κ3) is 3.42. The van der Waals surface area contributed by atoms with E-state index in [-0.39, 0.29) is 11.9 Å².